The van der Waals surface area contributed by atoms with E-state index in [-0.39, 0.29) is 35.6 Å². The van der Waals surface area contributed by atoms with Crippen LogP contribution in [0.3, 0.4) is 0 Å². The number of hydrogen-bond acceptors (Lipinski definition) is 4. The van der Waals surface area contributed by atoms with Gasteiger partial charge in [0.05, 0.1) is 5.92 Å². The van der Waals surface area contributed by atoms with E-state index in [2.05, 4.69) is 5.32 Å². The second kappa shape index (κ2) is 8.08. The monoisotopic (exact) mass is 412 g/mol. The highest BCUT2D eigenvalue weighted by Crippen LogP contribution is 2.41. The zero-order valence-electron chi connectivity index (χ0n) is 17.2. The van der Waals surface area contributed by atoms with Crippen LogP contribution in [-0.2, 0) is 9.59 Å². The number of carbonyl (C=O) groups is 4. The molecular formula is C22H28N4O4. The van der Waals surface area contributed by atoms with Gasteiger partial charge in [0.25, 0.3) is 5.91 Å². The van der Waals surface area contributed by atoms with Gasteiger partial charge in [-0.2, -0.15) is 0 Å². The van der Waals surface area contributed by atoms with Gasteiger partial charge in [-0.15, -0.1) is 0 Å². The summed E-state index contributed by atoms with van der Waals surface area (Å²) < 4.78 is 0. The molecule has 0 bridgehead atoms. The molecule has 0 aromatic heterocycles. The van der Waals surface area contributed by atoms with Gasteiger partial charge in [-0.1, -0.05) is 6.07 Å². The van der Waals surface area contributed by atoms with E-state index in [0.29, 0.717) is 49.5 Å². The number of fused-ring (bicyclic) bond motifs is 1. The standard InChI is InChI=1S/C22H28N4O4/c1-2-25-10-15(6-7-19(25)27)22(30)26-11-16-9-18(17(16)12-26)24-21(29)14-5-3-4-13(8-14)20(23)28/h3-5,8,15-18H,2,6-7,9-12H2,1H3,(H2,23,28)(H,24,29). The van der Waals surface area contributed by atoms with Crippen molar-refractivity contribution >= 4 is 23.6 Å². The van der Waals surface area contributed by atoms with Crippen LogP contribution in [0.2, 0.25) is 0 Å². The summed E-state index contributed by atoms with van der Waals surface area (Å²) in [6, 6.07) is 6.41. The van der Waals surface area contributed by atoms with Crippen LogP contribution in [-0.4, -0.2) is 65.6 Å². The first-order valence-corrected chi connectivity index (χ1v) is 10.6. The number of carbonyl (C=O) groups excluding carboxylic acids is 4. The normalized spacial score (nSPS) is 28.0. The predicted molar refractivity (Wildman–Crippen MR) is 109 cm³/mol. The van der Waals surface area contributed by atoms with Crippen LogP contribution < -0.4 is 11.1 Å². The first kappa shape index (κ1) is 20.4. The molecule has 4 atom stereocenters. The van der Waals surface area contributed by atoms with Crippen LogP contribution in [0.4, 0.5) is 0 Å². The van der Waals surface area contributed by atoms with Gasteiger partial charge >= 0.3 is 0 Å². The number of rotatable bonds is 5. The smallest absolute Gasteiger partial charge is 0.251 e. The summed E-state index contributed by atoms with van der Waals surface area (Å²) in [6.45, 7) is 4.46. The number of primary amides is 1. The predicted octanol–water partition coefficient (Wildman–Crippen LogP) is 0.621. The van der Waals surface area contributed by atoms with Crippen LogP contribution in [0.15, 0.2) is 24.3 Å². The topological polar surface area (TPSA) is 113 Å². The van der Waals surface area contributed by atoms with Crippen LogP contribution in [0.5, 0.6) is 0 Å². The third-order valence-corrected chi connectivity index (χ3v) is 6.83. The maximum Gasteiger partial charge on any atom is 0.251 e. The molecule has 8 heteroatoms. The number of benzene rings is 1. The lowest BCUT2D eigenvalue weighted by Gasteiger charge is -2.39. The van der Waals surface area contributed by atoms with Gasteiger partial charge in [0.15, 0.2) is 0 Å². The third kappa shape index (κ3) is 3.78. The molecule has 3 N–H and O–H groups in total. The fourth-order valence-corrected chi connectivity index (χ4v) is 5.00. The Labute approximate surface area is 175 Å². The Balaban J connectivity index is 1.33. The Morgan fingerprint density at radius 2 is 1.93 bits per heavy atom. The quantitative estimate of drug-likeness (QED) is 0.738. The fourth-order valence-electron chi connectivity index (χ4n) is 5.00. The maximum absolute atomic E-state index is 13.0. The Kier molecular flexibility index (Phi) is 5.49. The van der Waals surface area contributed by atoms with Gasteiger partial charge < -0.3 is 20.9 Å². The lowest BCUT2D eigenvalue weighted by atomic mass is 9.71. The van der Waals surface area contributed by atoms with Gasteiger partial charge in [0.1, 0.15) is 0 Å². The molecule has 160 valence electrons. The third-order valence-electron chi connectivity index (χ3n) is 6.83. The van der Waals surface area contributed by atoms with Crippen molar-refractivity contribution in [1.82, 2.24) is 15.1 Å². The highest BCUT2D eigenvalue weighted by molar-refractivity contribution is 5.99. The molecule has 0 radical (unpaired) electrons. The molecule has 2 aliphatic heterocycles. The number of nitrogens with zero attached hydrogens (tertiary/aromatic N) is 2. The average molecular weight is 412 g/mol. The minimum Gasteiger partial charge on any atom is -0.366 e. The summed E-state index contributed by atoms with van der Waals surface area (Å²) in [4.78, 5) is 52.5. The second-order valence-corrected chi connectivity index (χ2v) is 8.60. The number of nitrogens with two attached hydrogens (primary N) is 1. The Hall–Kier alpha value is -2.90. The van der Waals surface area contributed by atoms with E-state index < -0.39 is 5.91 Å². The lowest BCUT2D eigenvalue weighted by molar-refractivity contribution is -0.142. The maximum atomic E-state index is 13.0. The molecule has 8 nitrogen and oxygen atoms in total. The molecule has 1 saturated carbocycles. The molecule has 1 aromatic carbocycles. The molecule has 1 aliphatic carbocycles. The number of amides is 4. The van der Waals surface area contributed by atoms with Crippen LogP contribution in [0.1, 0.15) is 46.9 Å². The van der Waals surface area contributed by atoms with Crippen LogP contribution in [0.25, 0.3) is 0 Å². The first-order chi connectivity index (χ1) is 14.4. The molecule has 3 fully saturated rings. The molecule has 2 heterocycles. The van der Waals surface area contributed by atoms with Gasteiger partial charge in [-0.05, 0) is 43.9 Å². The minimum absolute atomic E-state index is 0.0256. The SMILES string of the molecule is CCN1CC(C(=O)N2CC3CC(NC(=O)c4cccc(C(N)=O)c4)C3C2)CCC1=O. The number of hydrogen-bond donors (Lipinski definition) is 2. The molecule has 4 rings (SSSR count). The zero-order valence-corrected chi connectivity index (χ0v) is 17.2. The zero-order chi connectivity index (χ0) is 21.4. The molecule has 4 amide bonds. The van der Waals surface area contributed by atoms with Crippen LogP contribution in [0, 0.1) is 17.8 Å². The summed E-state index contributed by atoms with van der Waals surface area (Å²) in [7, 11) is 0. The minimum atomic E-state index is -0.565. The fraction of sp³-hybridized carbons (Fsp3) is 0.545. The largest absolute Gasteiger partial charge is 0.366 e. The number of likely N-dealkylation sites (tertiary alicyclic amines) is 2. The van der Waals surface area contributed by atoms with Crippen molar-refractivity contribution in [3.05, 3.63) is 35.4 Å². The van der Waals surface area contributed by atoms with Gasteiger partial charge in [-0.3, -0.25) is 19.2 Å². The van der Waals surface area contributed by atoms with Crippen molar-refractivity contribution < 1.29 is 19.2 Å². The van der Waals surface area contributed by atoms with Crippen molar-refractivity contribution in [3.63, 3.8) is 0 Å². The summed E-state index contributed by atoms with van der Waals surface area (Å²) >= 11 is 0. The van der Waals surface area contributed by atoms with Crippen molar-refractivity contribution in [1.29, 1.82) is 0 Å². The Morgan fingerprint density at radius 3 is 2.67 bits per heavy atom. The van der Waals surface area contributed by atoms with Crippen molar-refractivity contribution in [2.45, 2.75) is 32.2 Å². The second-order valence-electron chi connectivity index (χ2n) is 8.60. The van der Waals surface area contributed by atoms with Gasteiger partial charge in [-0.25, -0.2) is 0 Å². The van der Waals surface area contributed by atoms with Gasteiger partial charge in [0, 0.05) is 55.7 Å². The molecule has 1 aromatic rings. The van der Waals surface area contributed by atoms with E-state index in [1.54, 1.807) is 23.1 Å². The summed E-state index contributed by atoms with van der Waals surface area (Å²) in [5.74, 6) is 0.0130. The summed E-state index contributed by atoms with van der Waals surface area (Å²) in [5, 5.41) is 3.05. The summed E-state index contributed by atoms with van der Waals surface area (Å²) in [5.41, 5.74) is 6.01. The van der Waals surface area contributed by atoms with Crippen molar-refractivity contribution in [2.75, 3.05) is 26.2 Å². The summed E-state index contributed by atoms with van der Waals surface area (Å²) in [6.07, 6.45) is 1.91. The molecule has 4 unspecified atom stereocenters. The van der Waals surface area contributed by atoms with E-state index in [4.69, 9.17) is 5.73 Å². The van der Waals surface area contributed by atoms with E-state index in [1.165, 1.54) is 6.07 Å². The average Bonchev–Trinajstić information content (AvgIpc) is 3.08. The first-order valence-electron chi connectivity index (χ1n) is 10.6. The highest BCUT2D eigenvalue weighted by Gasteiger charge is 2.49. The molecule has 0 spiro atoms. The van der Waals surface area contributed by atoms with Crippen molar-refractivity contribution in [3.8, 4) is 0 Å². The lowest BCUT2D eigenvalue weighted by Crippen LogP contribution is -2.52. The Morgan fingerprint density at radius 1 is 1.17 bits per heavy atom. The van der Waals surface area contributed by atoms with E-state index in [0.717, 1.165) is 13.0 Å². The van der Waals surface area contributed by atoms with E-state index in [9.17, 15) is 19.2 Å². The highest BCUT2D eigenvalue weighted by atomic mass is 16.2. The van der Waals surface area contributed by atoms with Crippen LogP contribution >= 0.6 is 0 Å². The molecule has 30 heavy (non-hydrogen) atoms. The van der Waals surface area contributed by atoms with E-state index in [1.807, 2.05) is 11.8 Å². The van der Waals surface area contributed by atoms with Gasteiger partial charge in [0.2, 0.25) is 17.7 Å². The molecule has 2 saturated heterocycles. The molecule has 3 aliphatic rings. The van der Waals surface area contributed by atoms with Crippen molar-refractivity contribution in [2.24, 2.45) is 23.5 Å². The number of nitrogens with one attached hydrogen (secondary N) is 1. The van der Waals surface area contributed by atoms with E-state index >= 15 is 0 Å². The Bertz CT molecular complexity index is 886. The number of piperidine rings is 1. The molecular weight excluding hydrogens is 384 g/mol.